The molecule has 1 aliphatic heterocycles. The Labute approximate surface area is 180 Å². The molecule has 0 bridgehead atoms. The molecule has 4 heteroatoms. The number of hydrogen-bond acceptors (Lipinski definition) is 2. The molecule has 4 rings (SSSR count). The van der Waals surface area contributed by atoms with Gasteiger partial charge in [-0.25, -0.2) is 8.42 Å². The highest BCUT2D eigenvalue weighted by Gasteiger charge is 2.36. The van der Waals surface area contributed by atoms with Crippen LogP contribution in [0.5, 0.6) is 0 Å². The van der Waals surface area contributed by atoms with Gasteiger partial charge in [-0.3, -0.25) is 0 Å². The number of sulfonamides is 1. The summed E-state index contributed by atoms with van der Waals surface area (Å²) in [6.07, 6.45) is 6.82. The van der Waals surface area contributed by atoms with Crippen molar-refractivity contribution < 1.29 is 8.42 Å². The van der Waals surface area contributed by atoms with Crippen LogP contribution >= 0.6 is 0 Å². The lowest BCUT2D eigenvalue weighted by Crippen LogP contribution is -2.39. The molecule has 1 unspecified atom stereocenters. The Balaban J connectivity index is 1.72. The van der Waals surface area contributed by atoms with Gasteiger partial charge in [-0.2, -0.15) is 4.31 Å². The van der Waals surface area contributed by atoms with E-state index in [-0.39, 0.29) is 11.5 Å². The highest BCUT2D eigenvalue weighted by Crippen LogP contribution is 2.36. The second-order valence-electron chi connectivity index (χ2n) is 8.93. The molecule has 0 aromatic heterocycles. The van der Waals surface area contributed by atoms with Crippen LogP contribution in [0.15, 0.2) is 83.8 Å². The zero-order valence-corrected chi connectivity index (χ0v) is 18.5. The average Bonchev–Trinajstić information content (AvgIpc) is 2.90. The maximum Gasteiger partial charge on any atom is 0.243 e. The molecule has 1 fully saturated rings. The van der Waals surface area contributed by atoms with Crippen LogP contribution in [0.25, 0.3) is 16.8 Å². The van der Waals surface area contributed by atoms with Gasteiger partial charge in [0.05, 0.1) is 4.90 Å². The average molecular weight is 420 g/mol. The van der Waals surface area contributed by atoms with Gasteiger partial charge in [0.25, 0.3) is 0 Å². The van der Waals surface area contributed by atoms with Crippen LogP contribution < -0.4 is 0 Å². The molecule has 30 heavy (non-hydrogen) atoms. The quantitative estimate of drug-likeness (QED) is 0.511. The second-order valence-corrected chi connectivity index (χ2v) is 10.8. The van der Waals surface area contributed by atoms with Crippen LogP contribution in [-0.4, -0.2) is 25.3 Å². The SMILES string of the molecule is CC1(C)CCCN(S(=O)(=O)c2ccc3ccccc3c2)C(C=Cc2ccccc2)C1. The van der Waals surface area contributed by atoms with Gasteiger partial charge in [0.1, 0.15) is 0 Å². The molecule has 0 aliphatic carbocycles. The summed E-state index contributed by atoms with van der Waals surface area (Å²) in [7, 11) is -3.60. The molecule has 1 heterocycles. The fourth-order valence-electron chi connectivity index (χ4n) is 4.36. The minimum absolute atomic E-state index is 0.0966. The highest BCUT2D eigenvalue weighted by atomic mass is 32.2. The summed E-state index contributed by atoms with van der Waals surface area (Å²) in [5, 5.41) is 2.00. The minimum atomic E-state index is -3.60. The standard InChI is InChI=1S/C26H29NO2S/c1-26(2)17-8-18-27(24(20-26)15-13-21-9-4-3-5-10-21)30(28,29)25-16-14-22-11-6-7-12-23(22)19-25/h3-7,9-16,19,24H,8,17-18,20H2,1-2H3. The molecule has 1 atom stereocenters. The zero-order chi connectivity index (χ0) is 21.2. The topological polar surface area (TPSA) is 37.4 Å². The lowest BCUT2D eigenvalue weighted by molar-refractivity contribution is 0.282. The Morgan fingerprint density at radius 1 is 0.933 bits per heavy atom. The molecule has 0 amide bonds. The normalized spacial score (nSPS) is 20.4. The summed E-state index contributed by atoms with van der Waals surface area (Å²) in [5.74, 6) is 0. The number of rotatable bonds is 4. The van der Waals surface area contributed by atoms with Crippen LogP contribution in [0.1, 0.15) is 38.7 Å². The third-order valence-corrected chi connectivity index (χ3v) is 7.92. The van der Waals surface area contributed by atoms with E-state index in [9.17, 15) is 8.42 Å². The van der Waals surface area contributed by atoms with Crippen molar-refractivity contribution in [3.63, 3.8) is 0 Å². The Kier molecular flexibility index (Phi) is 5.81. The molecule has 0 N–H and O–H groups in total. The van der Waals surface area contributed by atoms with Crippen molar-refractivity contribution in [2.24, 2.45) is 5.41 Å². The Morgan fingerprint density at radius 3 is 2.40 bits per heavy atom. The lowest BCUT2D eigenvalue weighted by atomic mass is 9.83. The maximum atomic E-state index is 13.7. The van der Waals surface area contributed by atoms with Crippen molar-refractivity contribution in [1.29, 1.82) is 0 Å². The predicted octanol–water partition coefficient (Wildman–Crippen LogP) is 6.12. The number of benzene rings is 3. The van der Waals surface area contributed by atoms with Crippen molar-refractivity contribution >= 4 is 26.9 Å². The number of fused-ring (bicyclic) bond motifs is 1. The molecule has 0 radical (unpaired) electrons. The summed E-state index contributed by atoms with van der Waals surface area (Å²) < 4.78 is 29.1. The highest BCUT2D eigenvalue weighted by molar-refractivity contribution is 7.89. The smallest absolute Gasteiger partial charge is 0.207 e. The van der Waals surface area contributed by atoms with E-state index >= 15 is 0 Å². The third-order valence-electron chi connectivity index (χ3n) is 6.00. The number of nitrogens with zero attached hydrogens (tertiary/aromatic N) is 1. The molecule has 0 spiro atoms. The molecule has 1 saturated heterocycles. The van der Waals surface area contributed by atoms with E-state index in [2.05, 4.69) is 26.0 Å². The summed E-state index contributed by atoms with van der Waals surface area (Å²) >= 11 is 0. The van der Waals surface area contributed by atoms with Crippen LogP contribution in [0.3, 0.4) is 0 Å². The molecular weight excluding hydrogens is 390 g/mol. The van der Waals surface area contributed by atoms with Gasteiger partial charge in [0.2, 0.25) is 10.0 Å². The molecule has 3 aromatic carbocycles. The van der Waals surface area contributed by atoms with E-state index in [4.69, 9.17) is 0 Å². The summed E-state index contributed by atoms with van der Waals surface area (Å²) in [4.78, 5) is 0.374. The zero-order valence-electron chi connectivity index (χ0n) is 17.7. The van der Waals surface area contributed by atoms with Crippen molar-refractivity contribution in [3.8, 4) is 0 Å². The summed E-state index contributed by atoms with van der Waals surface area (Å²) in [6, 6.07) is 23.2. The summed E-state index contributed by atoms with van der Waals surface area (Å²) in [6.45, 7) is 5.02. The van der Waals surface area contributed by atoms with Crippen LogP contribution in [0, 0.1) is 5.41 Å². The molecule has 3 nitrogen and oxygen atoms in total. The van der Waals surface area contributed by atoms with Gasteiger partial charge in [-0.05, 0) is 53.1 Å². The van der Waals surface area contributed by atoms with E-state index in [1.165, 1.54) is 0 Å². The fraction of sp³-hybridized carbons (Fsp3) is 0.308. The minimum Gasteiger partial charge on any atom is -0.207 e. The first kappa shape index (κ1) is 20.8. The van der Waals surface area contributed by atoms with Crippen LogP contribution in [0.2, 0.25) is 0 Å². The monoisotopic (exact) mass is 419 g/mol. The van der Waals surface area contributed by atoms with Gasteiger partial charge in [0, 0.05) is 12.6 Å². The largest absolute Gasteiger partial charge is 0.243 e. The molecule has 3 aromatic rings. The molecule has 1 aliphatic rings. The third kappa shape index (κ3) is 4.50. The van der Waals surface area contributed by atoms with Crippen molar-refractivity contribution in [3.05, 3.63) is 84.4 Å². The molecule has 156 valence electrons. The predicted molar refractivity (Wildman–Crippen MR) is 125 cm³/mol. The van der Waals surface area contributed by atoms with Gasteiger partial charge < -0.3 is 0 Å². The molecule has 0 saturated carbocycles. The van der Waals surface area contributed by atoms with E-state index in [1.807, 2.05) is 60.7 Å². The van der Waals surface area contributed by atoms with E-state index in [1.54, 1.807) is 16.4 Å². The Bertz CT molecular complexity index is 1150. The summed E-state index contributed by atoms with van der Waals surface area (Å²) in [5.41, 5.74) is 1.18. The van der Waals surface area contributed by atoms with Gasteiger partial charge in [-0.1, -0.05) is 86.7 Å². The van der Waals surface area contributed by atoms with Crippen LogP contribution in [-0.2, 0) is 10.0 Å². The van der Waals surface area contributed by atoms with Gasteiger partial charge in [-0.15, -0.1) is 0 Å². The maximum absolute atomic E-state index is 13.7. The fourth-order valence-corrected chi connectivity index (χ4v) is 6.02. The van der Waals surface area contributed by atoms with E-state index < -0.39 is 10.0 Å². The van der Waals surface area contributed by atoms with Crippen molar-refractivity contribution in [1.82, 2.24) is 4.31 Å². The van der Waals surface area contributed by atoms with E-state index in [0.717, 1.165) is 35.6 Å². The van der Waals surface area contributed by atoms with Gasteiger partial charge in [0.15, 0.2) is 0 Å². The van der Waals surface area contributed by atoms with Crippen molar-refractivity contribution in [2.45, 2.75) is 44.0 Å². The van der Waals surface area contributed by atoms with Crippen molar-refractivity contribution in [2.75, 3.05) is 6.54 Å². The number of hydrogen-bond donors (Lipinski definition) is 0. The second kappa shape index (κ2) is 8.37. The first-order chi connectivity index (χ1) is 14.4. The lowest BCUT2D eigenvalue weighted by Gasteiger charge is -2.30. The van der Waals surface area contributed by atoms with Gasteiger partial charge >= 0.3 is 0 Å². The van der Waals surface area contributed by atoms with E-state index in [0.29, 0.717) is 11.4 Å². The Hall–Kier alpha value is -2.43. The Morgan fingerprint density at radius 2 is 1.63 bits per heavy atom. The van der Waals surface area contributed by atoms with Crippen LogP contribution in [0.4, 0.5) is 0 Å². The first-order valence-electron chi connectivity index (χ1n) is 10.6. The molecular formula is C26H29NO2S. The first-order valence-corrected chi connectivity index (χ1v) is 12.0.